The van der Waals surface area contributed by atoms with E-state index in [0.29, 0.717) is 6.61 Å². The molecule has 0 amide bonds. The second-order valence-corrected chi connectivity index (χ2v) is 8.56. The van der Waals surface area contributed by atoms with Crippen LogP contribution in [0.2, 0.25) is 0 Å². The van der Waals surface area contributed by atoms with Gasteiger partial charge in [0.25, 0.3) is 0 Å². The van der Waals surface area contributed by atoms with E-state index in [1.165, 1.54) is 0 Å². The first kappa shape index (κ1) is 24.8. The maximum absolute atomic E-state index is 6.31. The van der Waals surface area contributed by atoms with Crippen molar-refractivity contribution >= 4 is 0 Å². The number of hydrogen-bond acceptors (Lipinski definition) is 6. The summed E-state index contributed by atoms with van der Waals surface area (Å²) in [5.74, 6) is 0. The largest absolute Gasteiger partial charge is 0.376 e. The van der Waals surface area contributed by atoms with Crippen LogP contribution in [0, 0.1) is 0 Å². The van der Waals surface area contributed by atoms with E-state index in [4.69, 9.17) is 28.4 Å². The number of ether oxygens (including phenoxy) is 6. The molecule has 0 aromatic carbocycles. The molecular formula is C21H42O6. The molecule has 1 fully saturated rings. The molecule has 1 heterocycles. The van der Waals surface area contributed by atoms with Crippen molar-refractivity contribution in [3.8, 4) is 0 Å². The van der Waals surface area contributed by atoms with E-state index in [1.54, 1.807) is 0 Å². The van der Waals surface area contributed by atoms with Crippen LogP contribution in [0.1, 0.15) is 69.2 Å². The summed E-state index contributed by atoms with van der Waals surface area (Å²) in [4.78, 5) is 0. The summed E-state index contributed by atoms with van der Waals surface area (Å²) in [5.41, 5.74) is 0. The van der Waals surface area contributed by atoms with Crippen molar-refractivity contribution in [3.63, 3.8) is 0 Å². The van der Waals surface area contributed by atoms with Gasteiger partial charge in [0.15, 0.2) is 6.29 Å². The molecule has 6 nitrogen and oxygen atoms in total. The van der Waals surface area contributed by atoms with Gasteiger partial charge in [-0.05, 0) is 69.2 Å². The van der Waals surface area contributed by atoms with Gasteiger partial charge in [-0.1, -0.05) is 0 Å². The van der Waals surface area contributed by atoms with Gasteiger partial charge in [-0.3, -0.25) is 0 Å². The Balaban J connectivity index is 3.19. The highest BCUT2D eigenvalue weighted by Crippen LogP contribution is 2.32. The Morgan fingerprint density at radius 3 is 1.44 bits per heavy atom. The number of hydrogen-bond donors (Lipinski definition) is 0. The molecule has 1 rings (SSSR count). The minimum atomic E-state index is -0.538. The van der Waals surface area contributed by atoms with Crippen molar-refractivity contribution in [1.29, 1.82) is 0 Å². The quantitative estimate of drug-likeness (QED) is 0.533. The minimum absolute atomic E-state index is 0.00203. The summed E-state index contributed by atoms with van der Waals surface area (Å²) in [6, 6.07) is 0. The molecular weight excluding hydrogens is 348 g/mol. The monoisotopic (exact) mass is 390 g/mol. The van der Waals surface area contributed by atoms with E-state index in [9.17, 15) is 0 Å². The maximum Gasteiger partial charge on any atom is 0.187 e. The van der Waals surface area contributed by atoms with Crippen molar-refractivity contribution in [1.82, 2.24) is 0 Å². The zero-order chi connectivity index (χ0) is 20.7. The predicted molar refractivity (Wildman–Crippen MR) is 106 cm³/mol. The van der Waals surface area contributed by atoms with Crippen LogP contribution in [0.3, 0.4) is 0 Å². The van der Waals surface area contributed by atoms with E-state index in [1.807, 2.05) is 69.2 Å². The third kappa shape index (κ3) is 8.75. The SMILES string of the molecule is CC(C)OC[C@H]1O[C@@H](OC(C)C)[C@H](OC(C)C)[C@@H](OC(C)C)[C@H]1OC(C)C. The fourth-order valence-electron chi connectivity index (χ4n) is 3.08. The Kier molecular flexibility index (Phi) is 10.7. The lowest BCUT2D eigenvalue weighted by Crippen LogP contribution is -2.63. The molecule has 1 aliphatic rings. The summed E-state index contributed by atoms with van der Waals surface area (Å²) in [6.07, 6.45) is -1.66. The molecule has 0 spiro atoms. The molecule has 5 atom stereocenters. The molecule has 0 aromatic rings. The first-order valence-electron chi connectivity index (χ1n) is 10.4. The van der Waals surface area contributed by atoms with Crippen LogP contribution in [-0.4, -0.2) is 67.8 Å². The third-order valence-corrected chi connectivity index (χ3v) is 3.88. The van der Waals surface area contributed by atoms with Gasteiger partial charge in [-0.25, -0.2) is 0 Å². The summed E-state index contributed by atoms with van der Waals surface area (Å²) in [7, 11) is 0. The van der Waals surface area contributed by atoms with Crippen LogP contribution in [0.25, 0.3) is 0 Å². The van der Waals surface area contributed by atoms with Crippen LogP contribution in [0.5, 0.6) is 0 Å². The van der Waals surface area contributed by atoms with Gasteiger partial charge < -0.3 is 28.4 Å². The van der Waals surface area contributed by atoms with E-state index >= 15 is 0 Å². The van der Waals surface area contributed by atoms with E-state index in [2.05, 4.69) is 0 Å². The molecule has 0 saturated carbocycles. The van der Waals surface area contributed by atoms with Gasteiger partial charge in [-0.2, -0.15) is 0 Å². The zero-order valence-corrected chi connectivity index (χ0v) is 18.9. The molecule has 0 N–H and O–H groups in total. The molecule has 162 valence electrons. The standard InChI is InChI=1S/C21H42O6/c1-12(2)22-11-17-18(23-13(3)4)19(24-14(5)6)20(25-15(7)8)21(27-17)26-16(9)10/h12-21H,11H2,1-10H3/t17-,18+,19+,20-,21-/m1/s1. The molecule has 0 unspecified atom stereocenters. The highest BCUT2D eigenvalue weighted by Gasteiger charge is 2.50. The van der Waals surface area contributed by atoms with E-state index in [0.717, 1.165) is 0 Å². The van der Waals surface area contributed by atoms with E-state index < -0.39 is 6.29 Å². The van der Waals surface area contributed by atoms with Crippen LogP contribution in [0.15, 0.2) is 0 Å². The topological polar surface area (TPSA) is 55.4 Å². The Morgan fingerprint density at radius 2 is 1.00 bits per heavy atom. The molecule has 0 aliphatic carbocycles. The summed E-state index contributed by atoms with van der Waals surface area (Å²) in [5, 5.41) is 0. The molecule has 1 aliphatic heterocycles. The lowest BCUT2D eigenvalue weighted by Gasteiger charge is -2.47. The maximum atomic E-state index is 6.31. The van der Waals surface area contributed by atoms with Crippen LogP contribution < -0.4 is 0 Å². The average molecular weight is 391 g/mol. The third-order valence-electron chi connectivity index (χ3n) is 3.88. The Hall–Kier alpha value is -0.240. The normalized spacial score (nSPS) is 29.7. The second kappa shape index (κ2) is 11.7. The van der Waals surface area contributed by atoms with Gasteiger partial charge in [0.05, 0.1) is 37.1 Å². The summed E-state index contributed by atoms with van der Waals surface area (Å²) in [6.45, 7) is 20.5. The first-order valence-corrected chi connectivity index (χ1v) is 10.4. The predicted octanol–water partition coefficient (Wildman–Crippen LogP) is 3.94. The van der Waals surface area contributed by atoms with Crippen molar-refractivity contribution in [2.24, 2.45) is 0 Å². The summed E-state index contributed by atoms with van der Waals surface area (Å²) >= 11 is 0. The Labute approximate surface area is 166 Å². The zero-order valence-electron chi connectivity index (χ0n) is 18.9. The van der Waals surface area contributed by atoms with Crippen LogP contribution in [0.4, 0.5) is 0 Å². The molecule has 1 saturated heterocycles. The molecule has 0 bridgehead atoms. The smallest absolute Gasteiger partial charge is 0.187 e. The fraction of sp³-hybridized carbons (Fsp3) is 1.00. The lowest BCUT2D eigenvalue weighted by molar-refractivity contribution is -0.340. The molecule has 27 heavy (non-hydrogen) atoms. The van der Waals surface area contributed by atoms with Gasteiger partial charge in [0.2, 0.25) is 0 Å². The Bertz CT molecular complexity index is 396. The molecule has 0 radical (unpaired) electrons. The van der Waals surface area contributed by atoms with Crippen molar-refractivity contribution < 1.29 is 28.4 Å². The Morgan fingerprint density at radius 1 is 0.556 bits per heavy atom. The fourth-order valence-corrected chi connectivity index (χ4v) is 3.08. The minimum Gasteiger partial charge on any atom is -0.376 e. The van der Waals surface area contributed by atoms with Crippen LogP contribution in [-0.2, 0) is 28.4 Å². The summed E-state index contributed by atoms with van der Waals surface area (Å²) < 4.78 is 37.0. The van der Waals surface area contributed by atoms with Gasteiger partial charge in [0.1, 0.15) is 24.4 Å². The van der Waals surface area contributed by atoms with Crippen molar-refractivity contribution in [2.45, 2.75) is 130 Å². The number of rotatable bonds is 11. The van der Waals surface area contributed by atoms with Crippen molar-refractivity contribution in [2.75, 3.05) is 6.61 Å². The second-order valence-electron chi connectivity index (χ2n) is 8.56. The molecule has 0 aromatic heterocycles. The molecule has 6 heteroatoms. The van der Waals surface area contributed by atoms with Crippen molar-refractivity contribution in [3.05, 3.63) is 0 Å². The van der Waals surface area contributed by atoms with Crippen LogP contribution >= 0.6 is 0 Å². The lowest BCUT2D eigenvalue weighted by atomic mass is 9.97. The average Bonchev–Trinajstić information content (AvgIpc) is 2.49. The van der Waals surface area contributed by atoms with Gasteiger partial charge in [0, 0.05) is 0 Å². The van der Waals surface area contributed by atoms with Gasteiger partial charge in [-0.15, -0.1) is 0 Å². The highest BCUT2D eigenvalue weighted by atomic mass is 16.7. The highest BCUT2D eigenvalue weighted by molar-refractivity contribution is 4.94. The van der Waals surface area contributed by atoms with E-state index in [-0.39, 0.29) is 54.9 Å². The first-order chi connectivity index (χ1) is 12.5. The van der Waals surface area contributed by atoms with Gasteiger partial charge >= 0.3 is 0 Å².